The predicted octanol–water partition coefficient (Wildman–Crippen LogP) is 35.9. The van der Waals surface area contributed by atoms with Crippen molar-refractivity contribution >= 4 is 101 Å². The van der Waals surface area contributed by atoms with Gasteiger partial charge in [-0.2, -0.15) is 0 Å². The Balaban J connectivity index is 1.15. The van der Waals surface area contributed by atoms with Crippen molar-refractivity contribution in [1.29, 1.82) is 0 Å². The highest BCUT2D eigenvalue weighted by Crippen LogP contribution is 2.59. The zero-order valence-corrected chi connectivity index (χ0v) is 89.1. The van der Waals surface area contributed by atoms with E-state index < -0.39 is 59.2 Å². The molecule has 0 unspecified atom stereocenters. The number of aromatic nitrogens is 2. The molecule has 0 atom stereocenters. The number of benzene rings is 14. The summed E-state index contributed by atoms with van der Waals surface area (Å²) in [5.74, 6) is 0. The van der Waals surface area contributed by atoms with E-state index in [0.29, 0.717) is 5.69 Å². The number of hydrogen-bond acceptors (Lipinski definition) is 2. The Hall–Kier alpha value is -11.7. The maximum Gasteiger partial charge on any atom is 0.252 e. The minimum absolute atomic E-state index is 0.00702. The third-order valence-corrected chi connectivity index (χ3v) is 29.6. The van der Waals surface area contributed by atoms with Crippen LogP contribution in [0.5, 0.6) is 0 Å². The topological polar surface area (TPSA) is 16.3 Å². The minimum atomic E-state index is -0.621. The van der Waals surface area contributed by atoms with Gasteiger partial charge in [0, 0.05) is 77.9 Å². The van der Waals surface area contributed by atoms with Crippen LogP contribution in [0.4, 0.5) is 34.1 Å². The van der Waals surface area contributed by atoms with Crippen molar-refractivity contribution in [2.75, 3.05) is 9.80 Å². The Labute approximate surface area is 834 Å². The fourth-order valence-electron chi connectivity index (χ4n) is 21.0. The summed E-state index contributed by atoms with van der Waals surface area (Å²) < 4.78 is 83.1. The number of nitrogens with zero attached hydrogens (tertiary/aromatic N) is 4. The maximum atomic E-state index is 10.3. The van der Waals surface area contributed by atoms with Crippen LogP contribution >= 0.6 is 0 Å². The van der Waals surface area contributed by atoms with E-state index in [1.165, 1.54) is 72.0 Å². The van der Waals surface area contributed by atoms with Crippen molar-refractivity contribution in [3.63, 3.8) is 0 Å². The molecule has 0 fully saturated rings. The highest BCUT2D eigenvalue weighted by Gasteiger charge is 2.48. The molecule has 14 aromatic carbocycles. The molecule has 0 saturated heterocycles. The van der Waals surface area contributed by atoms with E-state index in [0.717, 1.165) is 128 Å². The fraction of sp³-hybridized carbons (Fsp3) is 0.364. The number of rotatable bonds is 9. The van der Waals surface area contributed by atoms with Gasteiger partial charge in [-0.05, 0) is 279 Å². The summed E-state index contributed by atoms with van der Waals surface area (Å²) in [7, 11) is 0. The zero-order chi connectivity index (χ0) is 106. The van der Waals surface area contributed by atoms with Gasteiger partial charge in [-0.25, -0.2) is 0 Å². The first-order chi connectivity index (χ1) is 66.8. The van der Waals surface area contributed by atoms with Crippen LogP contribution in [0, 0.1) is 0 Å². The van der Waals surface area contributed by atoms with Crippen LogP contribution in [0.1, 0.15) is 327 Å². The number of fused-ring (bicyclic) bond motifs is 10. The fourth-order valence-corrected chi connectivity index (χ4v) is 21.0. The molecule has 0 N–H and O–H groups in total. The van der Waals surface area contributed by atoms with Crippen molar-refractivity contribution in [2.24, 2.45) is 0 Å². The van der Waals surface area contributed by atoms with Crippen LogP contribution in [-0.4, -0.2) is 15.8 Å². The summed E-state index contributed by atoms with van der Waals surface area (Å²) in [6.07, 6.45) is 0. The lowest BCUT2D eigenvalue weighted by molar-refractivity contribution is 0.568. The smallest absolute Gasteiger partial charge is 0.252 e. The predicted molar refractivity (Wildman–Crippen MR) is 601 cm³/mol. The van der Waals surface area contributed by atoms with E-state index in [1.807, 2.05) is 0 Å². The van der Waals surface area contributed by atoms with Crippen LogP contribution in [0.3, 0.4) is 0 Å². The van der Waals surface area contributed by atoms with E-state index >= 15 is 0 Å². The van der Waals surface area contributed by atoms with Gasteiger partial charge in [0.2, 0.25) is 0 Å². The molecule has 16 aromatic rings. The first kappa shape index (κ1) is 85.7. The molecule has 2 aromatic heterocycles. The molecule has 0 aliphatic carbocycles. The van der Waals surface area contributed by atoms with Crippen molar-refractivity contribution in [1.82, 2.24) is 9.13 Å². The van der Waals surface area contributed by atoms with E-state index in [2.05, 4.69) is 476 Å². The number of anilines is 6. The summed E-state index contributed by atoms with van der Waals surface area (Å²) in [6, 6.07) is 80.5. The molecule has 137 heavy (non-hydrogen) atoms. The number of para-hydroxylation sites is 2. The second-order valence-corrected chi connectivity index (χ2v) is 52.4. The van der Waals surface area contributed by atoms with Gasteiger partial charge in [-0.3, -0.25) is 0 Å². The Bertz CT molecular complexity index is 7860. The van der Waals surface area contributed by atoms with Crippen LogP contribution in [0.25, 0.3) is 111 Å². The lowest BCUT2D eigenvalue weighted by atomic mass is 9.33. The molecule has 4 heterocycles. The van der Waals surface area contributed by atoms with Gasteiger partial charge in [0.1, 0.15) is 0 Å². The summed E-state index contributed by atoms with van der Waals surface area (Å²) in [4.78, 5) is 5.35. The molecule has 5 heteroatoms. The molecule has 702 valence electrons. The monoisotopic (exact) mass is 1810 g/mol. The highest BCUT2D eigenvalue weighted by molar-refractivity contribution is 7.00. The van der Waals surface area contributed by atoms with Gasteiger partial charge in [0.25, 0.3) is 6.71 Å². The first-order valence-corrected chi connectivity index (χ1v) is 50.1. The van der Waals surface area contributed by atoms with Crippen molar-refractivity contribution < 1.29 is 11.0 Å². The SMILES string of the molecule is [2H]c1c([2H])c([2H])c2c(c1[2H])c1c([2H])c([2H])c([2H])c([2H])c1n2-c1ccc2c(c1)N(c1c(-c3ccc(C(C)(C)C)cc3)cc(C(C)(C)C)cc1-c1ccc(C(C)(C)C)cc1C(C)(C)C)c1cc(-c3cc(C(C)(C)C)cc(C(C)(C)C)c3)cc3c1B2c1ccc(-n2c4ccc(C(C)(C)C)cc4c4cc(C(C)(C)C)ccc42)cc1N3c1c(-c2ccc(C(C)(C)C)cc2)cc(C(C)(C)C)cc1-c1cc(C(C)(C)C)ccc1C(C)(C)C. The van der Waals surface area contributed by atoms with E-state index in [-0.39, 0.29) is 82.6 Å². The third kappa shape index (κ3) is 17.3. The molecule has 2 aliphatic heterocycles. The van der Waals surface area contributed by atoms with Crippen molar-refractivity contribution in [2.45, 2.75) is 314 Å². The number of hydrogen-bond donors (Lipinski definition) is 0. The van der Waals surface area contributed by atoms with Crippen LogP contribution in [-0.2, 0) is 65.0 Å². The Morgan fingerprint density at radius 2 is 0.518 bits per heavy atom. The van der Waals surface area contributed by atoms with E-state index in [4.69, 9.17) is 0 Å². The van der Waals surface area contributed by atoms with Crippen LogP contribution in [0.15, 0.2) is 261 Å². The molecule has 0 saturated carbocycles. The second kappa shape index (κ2) is 32.5. The van der Waals surface area contributed by atoms with E-state index in [9.17, 15) is 11.0 Å². The van der Waals surface area contributed by atoms with Crippen LogP contribution < -0.4 is 26.2 Å². The Morgan fingerprint density at radius 3 is 0.905 bits per heavy atom. The lowest BCUT2D eigenvalue weighted by Crippen LogP contribution is -2.61. The van der Waals surface area contributed by atoms with Crippen molar-refractivity contribution in [3.05, 3.63) is 327 Å². The molecular weight excluding hydrogens is 1650 g/mol. The second-order valence-electron chi connectivity index (χ2n) is 52.4. The van der Waals surface area contributed by atoms with E-state index in [1.54, 1.807) is 4.57 Å². The third-order valence-electron chi connectivity index (χ3n) is 29.6. The summed E-state index contributed by atoms with van der Waals surface area (Å²) in [5.41, 5.74) is 33.5. The maximum absolute atomic E-state index is 10.3. The van der Waals surface area contributed by atoms with Gasteiger partial charge in [-0.15, -0.1) is 0 Å². The quantitative estimate of drug-likeness (QED) is 0.134. The van der Waals surface area contributed by atoms with Crippen LogP contribution in [0.2, 0.25) is 0 Å². The zero-order valence-electron chi connectivity index (χ0n) is 97.1. The molecule has 18 rings (SSSR count). The summed E-state index contributed by atoms with van der Waals surface area (Å²) >= 11 is 0. The molecule has 0 spiro atoms. The molecule has 2 aliphatic rings. The molecule has 0 bridgehead atoms. The standard InChI is InChI=1S/C132H151BN4/c1-121(2,3)84-49-45-80(46-50-84)99-73-92(129(25,26)27)75-104(96-59-53-89(126(16,17)18)77-107(96)132(34,35)36)119(99)136-114-78-94(134-110-43-39-37-41-97(110)98-42-38-40-44-111(98)134)57-61-108(114)133-109-62-58-95(135-112-63-55-87(124(10,11)12)71-102(112)103-72-88(125(13,14)15)56-64-113(103)135)79-115(109)137(117-68-83(67-116(136)118(117)133)82-65-90(127(19,20)21)69-91(66-82)128(22,23)24)120-100(81-47-51-85(52-48-81)122(4,5)6)74-93(130(28,29)30)76-105(120)101-70-86(123(7,8)9)54-60-106(101)131(31,32)33/h37-79H,1-36H3/i37D,38D,39D,40D,41D,42D,43D,44D. The molecular formula is C132H151BN4. The molecule has 0 amide bonds. The Kier molecular flexibility index (Phi) is 20.3. The van der Waals surface area contributed by atoms with Gasteiger partial charge in [0.05, 0.1) is 44.4 Å². The average molecular weight is 1810 g/mol. The highest BCUT2D eigenvalue weighted by atomic mass is 15.2. The minimum Gasteiger partial charge on any atom is -0.310 e. The lowest BCUT2D eigenvalue weighted by Gasteiger charge is -2.46. The molecule has 0 radical (unpaired) electrons. The van der Waals surface area contributed by atoms with Gasteiger partial charge in [-0.1, -0.05) is 413 Å². The van der Waals surface area contributed by atoms with Gasteiger partial charge >= 0.3 is 0 Å². The normalized spacial score (nSPS) is 14.8. The van der Waals surface area contributed by atoms with Gasteiger partial charge < -0.3 is 18.9 Å². The summed E-state index contributed by atoms with van der Waals surface area (Å²) in [6.45, 7) is 83.2. The van der Waals surface area contributed by atoms with Gasteiger partial charge in [0.15, 0.2) is 0 Å². The molecule has 4 nitrogen and oxygen atoms in total. The average Bonchev–Trinajstić information content (AvgIpc) is 1.62. The van der Waals surface area contributed by atoms with Crippen molar-refractivity contribution in [3.8, 4) is 67.0 Å². The summed E-state index contributed by atoms with van der Waals surface area (Å²) in [5, 5.41) is 2.37. The largest absolute Gasteiger partial charge is 0.310 e. The first-order valence-electron chi connectivity index (χ1n) is 54.1. The Morgan fingerprint density at radius 1 is 0.204 bits per heavy atom.